The standard InChI is InChI=1S/C24H34N6O3/c1-16(25)23(17(2)26-3)18-13-21(29-22(14-18)30-10-9-27-15-30)24(31)28-19-5-7-20(8-6-19)33-12-11-32-4/h9-10,13-15,19-20,25-26H,5-8,11-12H2,1-4H3,(H,28,31)/b23-17+,25-16?/t19-,20-. The molecule has 0 bridgehead atoms. The maximum atomic E-state index is 13.2. The number of carbonyl (C=O) groups is 1. The van der Waals surface area contributed by atoms with Gasteiger partial charge in [-0.15, -0.1) is 0 Å². The minimum atomic E-state index is -0.217. The number of nitrogens with one attached hydrogen (secondary N) is 3. The van der Waals surface area contributed by atoms with Gasteiger partial charge in [-0.3, -0.25) is 9.36 Å². The molecule has 2 aromatic rings. The molecule has 33 heavy (non-hydrogen) atoms. The molecule has 1 fully saturated rings. The molecule has 0 saturated heterocycles. The van der Waals surface area contributed by atoms with Crippen LogP contribution in [-0.2, 0) is 9.47 Å². The van der Waals surface area contributed by atoms with Gasteiger partial charge >= 0.3 is 0 Å². The molecule has 1 amide bonds. The summed E-state index contributed by atoms with van der Waals surface area (Å²) in [6.07, 6.45) is 8.85. The van der Waals surface area contributed by atoms with Crippen molar-refractivity contribution in [1.82, 2.24) is 25.2 Å². The Kier molecular flexibility index (Phi) is 8.73. The smallest absolute Gasteiger partial charge is 0.270 e. The molecule has 0 radical (unpaired) electrons. The summed E-state index contributed by atoms with van der Waals surface area (Å²) >= 11 is 0. The third-order valence-corrected chi connectivity index (χ3v) is 5.88. The Bertz CT molecular complexity index is 978. The number of hydrogen-bond donors (Lipinski definition) is 3. The molecule has 0 aromatic carbocycles. The molecule has 3 N–H and O–H groups in total. The summed E-state index contributed by atoms with van der Waals surface area (Å²) < 4.78 is 12.6. The molecule has 9 heteroatoms. The van der Waals surface area contributed by atoms with Crippen molar-refractivity contribution in [3.05, 3.63) is 47.8 Å². The van der Waals surface area contributed by atoms with E-state index in [1.54, 1.807) is 43.4 Å². The van der Waals surface area contributed by atoms with Crippen LogP contribution in [0.5, 0.6) is 0 Å². The van der Waals surface area contributed by atoms with Gasteiger partial charge in [0.2, 0.25) is 0 Å². The molecule has 1 aliphatic rings. The van der Waals surface area contributed by atoms with Gasteiger partial charge in [0.05, 0.1) is 19.3 Å². The van der Waals surface area contributed by atoms with E-state index >= 15 is 0 Å². The molecule has 1 aliphatic carbocycles. The molecule has 1 saturated carbocycles. The van der Waals surface area contributed by atoms with E-state index in [9.17, 15) is 4.79 Å². The highest BCUT2D eigenvalue weighted by Gasteiger charge is 2.24. The summed E-state index contributed by atoms with van der Waals surface area (Å²) in [5, 5.41) is 14.5. The maximum absolute atomic E-state index is 13.2. The van der Waals surface area contributed by atoms with E-state index in [0.29, 0.717) is 30.4 Å². The highest BCUT2D eigenvalue weighted by molar-refractivity contribution is 6.22. The molecular formula is C24H34N6O3. The lowest BCUT2D eigenvalue weighted by Gasteiger charge is -2.29. The summed E-state index contributed by atoms with van der Waals surface area (Å²) in [6, 6.07) is 3.71. The zero-order valence-corrected chi connectivity index (χ0v) is 19.9. The molecule has 178 valence electrons. The zero-order chi connectivity index (χ0) is 23.8. The lowest BCUT2D eigenvalue weighted by molar-refractivity contribution is -0.00409. The highest BCUT2D eigenvalue weighted by atomic mass is 16.5. The first kappa shape index (κ1) is 24.6. The fourth-order valence-corrected chi connectivity index (χ4v) is 4.07. The second-order valence-corrected chi connectivity index (χ2v) is 8.25. The Labute approximate surface area is 195 Å². The predicted molar refractivity (Wildman–Crippen MR) is 128 cm³/mol. The molecule has 2 aromatic heterocycles. The van der Waals surface area contributed by atoms with Crippen molar-refractivity contribution in [1.29, 1.82) is 5.41 Å². The minimum absolute atomic E-state index is 0.0838. The van der Waals surface area contributed by atoms with E-state index in [-0.39, 0.29) is 18.1 Å². The molecule has 0 atom stereocenters. The van der Waals surface area contributed by atoms with Gasteiger partial charge in [-0.05, 0) is 57.2 Å². The first-order valence-electron chi connectivity index (χ1n) is 11.3. The summed E-state index contributed by atoms with van der Waals surface area (Å²) in [7, 11) is 3.48. The van der Waals surface area contributed by atoms with Crippen LogP contribution in [-0.4, -0.2) is 65.7 Å². The van der Waals surface area contributed by atoms with E-state index in [0.717, 1.165) is 42.5 Å². The summed E-state index contributed by atoms with van der Waals surface area (Å²) in [5.41, 5.74) is 3.07. The monoisotopic (exact) mass is 454 g/mol. The van der Waals surface area contributed by atoms with Gasteiger partial charge in [-0.2, -0.15) is 0 Å². The van der Waals surface area contributed by atoms with Crippen molar-refractivity contribution in [2.24, 2.45) is 0 Å². The van der Waals surface area contributed by atoms with Crippen LogP contribution in [0, 0.1) is 5.41 Å². The van der Waals surface area contributed by atoms with Crippen LogP contribution in [0.3, 0.4) is 0 Å². The number of amides is 1. The number of rotatable bonds is 10. The van der Waals surface area contributed by atoms with Crippen LogP contribution in [0.25, 0.3) is 11.4 Å². The minimum Gasteiger partial charge on any atom is -0.391 e. The van der Waals surface area contributed by atoms with Gasteiger partial charge in [0.25, 0.3) is 5.91 Å². The quantitative estimate of drug-likeness (QED) is 0.376. The zero-order valence-electron chi connectivity index (χ0n) is 19.9. The fourth-order valence-electron chi connectivity index (χ4n) is 4.07. The molecular weight excluding hydrogens is 420 g/mol. The number of aromatic nitrogens is 3. The van der Waals surface area contributed by atoms with Gasteiger partial charge in [-0.1, -0.05) is 0 Å². The summed E-state index contributed by atoms with van der Waals surface area (Å²) in [6.45, 7) is 4.84. The Morgan fingerprint density at radius 2 is 1.97 bits per heavy atom. The van der Waals surface area contributed by atoms with E-state index in [1.165, 1.54) is 0 Å². The first-order valence-corrected chi connectivity index (χ1v) is 11.3. The van der Waals surface area contributed by atoms with Gasteiger partial charge in [0.1, 0.15) is 17.8 Å². The van der Waals surface area contributed by atoms with E-state index in [2.05, 4.69) is 20.6 Å². The van der Waals surface area contributed by atoms with E-state index in [1.807, 2.05) is 20.0 Å². The van der Waals surface area contributed by atoms with Gasteiger partial charge in [0, 0.05) is 49.6 Å². The van der Waals surface area contributed by atoms with Crippen molar-refractivity contribution in [2.75, 3.05) is 27.4 Å². The maximum Gasteiger partial charge on any atom is 0.270 e. The van der Waals surface area contributed by atoms with Crippen molar-refractivity contribution in [3.63, 3.8) is 0 Å². The van der Waals surface area contributed by atoms with Crippen molar-refractivity contribution < 1.29 is 14.3 Å². The molecule has 9 nitrogen and oxygen atoms in total. The van der Waals surface area contributed by atoms with Gasteiger partial charge in [-0.25, -0.2) is 9.97 Å². The number of nitrogens with zero attached hydrogens (tertiary/aromatic N) is 3. The van der Waals surface area contributed by atoms with E-state index in [4.69, 9.17) is 14.9 Å². The van der Waals surface area contributed by atoms with Crippen molar-refractivity contribution in [3.8, 4) is 5.82 Å². The lowest BCUT2D eigenvalue weighted by Crippen LogP contribution is -2.39. The third-order valence-electron chi connectivity index (χ3n) is 5.88. The van der Waals surface area contributed by atoms with Gasteiger partial charge < -0.3 is 25.5 Å². The highest BCUT2D eigenvalue weighted by Crippen LogP contribution is 2.24. The second-order valence-electron chi connectivity index (χ2n) is 8.25. The van der Waals surface area contributed by atoms with Crippen molar-refractivity contribution in [2.45, 2.75) is 51.7 Å². The predicted octanol–water partition coefficient (Wildman–Crippen LogP) is 2.96. The second kappa shape index (κ2) is 11.7. The number of allylic oxidation sites excluding steroid dienone is 2. The van der Waals surface area contributed by atoms with E-state index < -0.39 is 0 Å². The molecule has 0 unspecified atom stereocenters. The fraction of sp³-hybridized carbons (Fsp3) is 0.500. The van der Waals surface area contributed by atoms with Crippen molar-refractivity contribution >= 4 is 17.2 Å². The first-order chi connectivity index (χ1) is 15.9. The Balaban J connectivity index is 1.80. The summed E-state index contributed by atoms with van der Waals surface area (Å²) in [4.78, 5) is 21.9. The average Bonchev–Trinajstić information content (AvgIpc) is 3.35. The number of pyridine rings is 1. The van der Waals surface area contributed by atoms with Crippen LogP contribution in [0.15, 0.2) is 36.6 Å². The van der Waals surface area contributed by atoms with Gasteiger partial charge in [0.15, 0.2) is 0 Å². The Morgan fingerprint density at radius 3 is 2.58 bits per heavy atom. The van der Waals surface area contributed by atoms with Crippen LogP contribution in [0.2, 0.25) is 0 Å². The number of methoxy groups -OCH3 is 1. The molecule has 2 heterocycles. The molecule has 3 rings (SSSR count). The molecule has 0 aliphatic heterocycles. The lowest BCUT2D eigenvalue weighted by atomic mass is 9.92. The number of carbonyl (C=O) groups excluding carboxylic acids is 1. The van der Waals surface area contributed by atoms with Crippen LogP contribution in [0.4, 0.5) is 0 Å². The average molecular weight is 455 g/mol. The number of imidazole rings is 1. The summed E-state index contributed by atoms with van der Waals surface area (Å²) in [5.74, 6) is 0.360. The van der Waals surface area contributed by atoms with Crippen LogP contribution in [0.1, 0.15) is 55.6 Å². The van der Waals surface area contributed by atoms with Crippen LogP contribution < -0.4 is 10.6 Å². The number of hydrogen-bond acceptors (Lipinski definition) is 7. The largest absolute Gasteiger partial charge is 0.391 e. The Hall–Kier alpha value is -3.04. The number of ether oxygens (including phenoxy) is 2. The topological polar surface area (TPSA) is 114 Å². The third kappa shape index (κ3) is 6.49. The normalized spacial score (nSPS) is 19.0. The SMILES string of the molecule is CN/C(C)=C(\C(C)=N)c1cc(C(=O)N[C@H]2CC[C@H](OCCOC)CC2)nc(-n2ccnc2)c1. The molecule has 0 spiro atoms. The van der Waals surface area contributed by atoms with Crippen LogP contribution >= 0.6 is 0 Å². The Morgan fingerprint density at radius 1 is 1.21 bits per heavy atom.